The number of hydrogen-bond acceptors (Lipinski definition) is 2. The minimum absolute atomic E-state index is 0.274. The molecule has 0 aliphatic heterocycles. The van der Waals surface area contributed by atoms with Gasteiger partial charge in [0.25, 0.3) is 0 Å². The van der Waals surface area contributed by atoms with Gasteiger partial charge in [0.15, 0.2) is 0 Å². The molecule has 2 N–H and O–H groups in total. The van der Waals surface area contributed by atoms with Crippen molar-refractivity contribution in [2.24, 2.45) is 0 Å². The van der Waals surface area contributed by atoms with Gasteiger partial charge in [-0.2, -0.15) is 0 Å². The number of halogens is 3. The van der Waals surface area contributed by atoms with E-state index in [0.29, 0.717) is 27.3 Å². The van der Waals surface area contributed by atoms with E-state index in [0.717, 1.165) is 11.1 Å². The Balaban J connectivity index is 2.22. The SMILES string of the molecule is Cc1cccc(CNc2c(Cl)cc(Cl)cc2Cl)c1O. The summed E-state index contributed by atoms with van der Waals surface area (Å²) in [6.07, 6.45) is 0. The van der Waals surface area contributed by atoms with E-state index in [1.807, 2.05) is 25.1 Å². The molecule has 2 rings (SSSR count). The zero-order valence-electron chi connectivity index (χ0n) is 10.2. The monoisotopic (exact) mass is 315 g/mol. The third-order valence-electron chi connectivity index (χ3n) is 2.78. The van der Waals surface area contributed by atoms with Gasteiger partial charge < -0.3 is 10.4 Å². The molecule has 0 aromatic heterocycles. The van der Waals surface area contributed by atoms with Gasteiger partial charge in [0, 0.05) is 17.1 Å². The first-order valence-electron chi connectivity index (χ1n) is 5.65. The fraction of sp³-hybridized carbons (Fsp3) is 0.143. The first kappa shape index (κ1) is 14.3. The number of para-hydroxylation sites is 1. The zero-order valence-corrected chi connectivity index (χ0v) is 12.4. The van der Waals surface area contributed by atoms with Gasteiger partial charge in [0.05, 0.1) is 15.7 Å². The van der Waals surface area contributed by atoms with Crippen molar-refractivity contribution in [2.45, 2.75) is 13.5 Å². The molecule has 0 aliphatic carbocycles. The molecule has 0 atom stereocenters. The number of phenolic OH excluding ortho intramolecular Hbond substituents is 1. The van der Waals surface area contributed by atoms with Crippen LogP contribution in [-0.2, 0) is 6.54 Å². The summed E-state index contributed by atoms with van der Waals surface area (Å²) in [7, 11) is 0. The Bertz CT molecular complexity index is 591. The van der Waals surface area contributed by atoms with Crippen LogP contribution in [0.1, 0.15) is 11.1 Å². The van der Waals surface area contributed by atoms with Crippen molar-refractivity contribution in [1.82, 2.24) is 0 Å². The average molecular weight is 317 g/mol. The number of phenols is 1. The molecule has 0 spiro atoms. The van der Waals surface area contributed by atoms with E-state index in [1.165, 1.54) is 0 Å². The molecule has 0 bridgehead atoms. The van der Waals surface area contributed by atoms with Crippen molar-refractivity contribution in [3.63, 3.8) is 0 Å². The Morgan fingerprint density at radius 1 is 1.11 bits per heavy atom. The minimum atomic E-state index is 0.274. The molecule has 0 saturated heterocycles. The highest BCUT2D eigenvalue weighted by Crippen LogP contribution is 2.34. The van der Waals surface area contributed by atoms with Gasteiger partial charge in [0.1, 0.15) is 5.75 Å². The largest absolute Gasteiger partial charge is 0.507 e. The number of aryl methyl sites for hydroxylation is 1. The third kappa shape index (κ3) is 3.27. The number of nitrogens with one attached hydrogen (secondary N) is 1. The van der Waals surface area contributed by atoms with E-state index in [2.05, 4.69) is 5.32 Å². The predicted molar refractivity (Wildman–Crippen MR) is 81.6 cm³/mol. The predicted octanol–water partition coefficient (Wildman–Crippen LogP) is 5.27. The molecule has 0 unspecified atom stereocenters. The molecule has 5 heteroatoms. The van der Waals surface area contributed by atoms with Crippen molar-refractivity contribution in [3.05, 3.63) is 56.5 Å². The van der Waals surface area contributed by atoms with Crippen LogP contribution < -0.4 is 5.32 Å². The van der Waals surface area contributed by atoms with Crippen LogP contribution in [0.15, 0.2) is 30.3 Å². The van der Waals surface area contributed by atoms with Crippen LogP contribution in [-0.4, -0.2) is 5.11 Å². The van der Waals surface area contributed by atoms with Crippen LogP contribution >= 0.6 is 34.8 Å². The lowest BCUT2D eigenvalue weighted by Gasteiger charge is -2.12. The Hall–Kier alpha value is -1.09. The van der Waals surface area contributed by atoms with Gasteiger partial charge in [-0.25, -0.2) is 0 Å². The third-order valence-corrected chi connectivity index (χ3v) is 3.60. The van der Waals surface area contributed by atoms with Crippen LogP contribution in [0.4, 0.5) is 5.69 Å². The van der Waals surface area contributed by atoms with Crippen molar-refractivity contribution in [3.8, 4) is 5.75 Å². The Labute approximate surface area is 126 Å². The Morgan fingerprint density at radius 2 is 1.74 bits per heavy atom. The van der Waals surface area contributed by atoms with E-state index >= 15 is 0 Å². The Morgan fingerprint density at radius 3 is 2.37 bits per heavy atom. The summed E-state index contributed by atoms with van der Waals surface area (Å²) in [6, 6.07) is 8.81. The maximum Gasteiger partial charge on any atom is 0.123 e. The second-order valence-electron chi connectivity index (χ2n) is 4.18. The average Bonchev–Trinajstić information content (AvgIpc) is 2.33. The second-order valence-corrected chi connectivity index (χ2v) is 5.43. The molecule has 2 aromatic rings. The summed E-state index contributed by atoms with van der Waals surface area (Å²) in [5, 5.41) is 14.4. The van der Waals surface area contributed by atoms with Crippen LogP contribution in [0.5, 0.6) is 5.75 Å². The minimum Gasteiger partial charge on any atom is -0.507 e. The topological polar surface area (TPSA) is 32.3 Å². The van der Waals surface area contributed by atoms with Gasteiger partial charge in [0.2, 0.25) is 0 Å². The van der Waals surface area contributed by atoms with Gasteiger partial charge in [-0.1, -0.05) is 53.0 Å². The summed E-state index contributed by atoms with van der Waals surface area (Å²) in [6.45, 7) is 2.27. The zero-order chi connectivity index (χ0) is 14.0. The highest BCUT2D eigenvalue weighted by molar-refractivity contribution is 6.41. The molecule has 0 saturated carbocycles. The molecule has 0 radical (unpaired) electrons. The quantitative estimate of drug-likeness (QED) is 0.808. The highest BCUT2D eigenvalue weighted by atomic mass is 35.5. The van der Waals surface area contributed by atoms with Crippen molar-refractivity contribution < 1.29 is 5.11 Å². The van der Waals surface area contributed by atoms with Crippen molar-refractivity contribution in [2.75, 3.05) is 5.32 Å². The molecular formula is C14H12Cl3NO. The molecule has 0 aliphatic rings. The van der Waals surface area contributed by atoms with Crippen molar-refractivity contribution >= 4 is 40.5 Å². The molecule has 0 amide bonds. The molecule has 0 fully saturated rings. The highest BCUT2D eigenvalue weighted by Gasteiger charge is 2.09. The number of anilines is 1. The number of benzene rings is 2. The van der Waals surface area contributed by atoms with E-state index < -0.39 is 0 Å². The van der Waals surface area contributed by atoms with Gasteiger partial charge >= 0.3 is 0 Å². The van der Waals surface area contributed by atoms with E-state index in [9.17, 15) is 5.11 Å². The standard InChI is InChI=1S/C14H12Cl3NO/c1-8-3-2-4-9(14(8)19)7-18-13-11(16)5-10(15)6-12(13)17/h2-6,18-19H,7H2,1H3. The first-order chi connectivity index (χ1) is 8.99. The van der Waals surface area contributed by atoms with Gasteiger partial charge in [-0.3, -0.25) is 0 Å². The smallest absolute Gasteiger partial charge is 0.123 e. The molecule has 19 heavy (non-hydrogen) atoms. The lowest BCUT2D eigenvalue weighted by Crippen LogP contribution is -2.01. The van der Waals surface area contributed by atoms with Crippen LogP contribution in [0.3, 0.4) is 0 Å². The molecular weight excluding hydrogens is 305 g/mol. The summed E-state index contributed by atoms with van der Waals surface area (Å²) in [5.41, 5.74) is 2.21. The fourth-order valence-corrected chi connectivity index (χ4v) is 2.71. The first-order valence-corrected chi connectivity index (χ1v) is 6.78. The fourth-order valence-electron chi connectivity index (χ4n) is 1.76. The lowest BCUT2D eigenvalue weighted by atomic mass is 10.1. The second kappa shape index (κ2) is 5.91. The summed E-state index contributed by atoms with van der Waals surface area (Å²) >= 11 is 18.0. The summed E-state index contributed by atoms with van der Waals surface area (Å²) < 4.78 is 0. The van der Waals surface area contributed by atoms with Crippen LogP contribution in [0.25, 0.3) is 0 Å². The molecule has 0 heterocycles. The van der Waals surface area contributed by atoms with E-state index in [1.54, 1.807) is 12.1 Å². The normalized spacial score (nSPS) is 10.5. The molecule has 2 aromatic carbocycles. The van der Waals surface area contributed by atoms with E-state index in [-0.39, 0.29) is 5.75 Å². The molecule has 100 valence electrons. The number of hydrogen-bond donors (Lipinski definition) is 2. The summed E-state index contributed by atoms with van der Waals surface area (Å²) in [4.78, 5) is 0. The van der Waals surface area contributed by atoms with Gasteiger partial charge in [-0.15, -0.1) is 0 Å². The van der Waals surface area contributed by atoms with Crippen LogP contribution in [0, 0.1) is 6.92 Å². The molecule has 2 nitrogen and oxygen atoms in total. The Kier molecular flexibility index (Phi) is 4.46. The van der Waals surface area contributed by atoms with Crippen LogP contribution in [0.2, 0.25) is 15.1 Å². The maximum absolute atomic E-state index is 9.93. The lowest BCUT2D eigenvalue weighted by molar-refractivity contribution is 0.465. The van der Waals surface area contributed by atoms with Crippen molar-refractivity contribution in [1.29, 1.82) is 0 Å². The summed E-state index contributed by atoms with van der Waals surface area (Å²) in [5.74, 6) is 0.274. The number of aromatic hydroxyl groups is 1. The maximum atomic E-state index is 9.93. The van der Waals surface area contributed by atoms with Gasteiger partial charge in [-0.05, 0) is 24.6 Å². The number of rotatable bonds is 3. The van der Waals surface area contributed by atoms with E-state index in [4.69, 9.17) is 34.8 Å².